The van der Waals surface area contributed by atoms with Crippen LogP contribution in [0, 0.1) is 29.6 Å². The molecule has 11 heteroatoms. The van der Waals surface area contributed by atoms with Crippen molar-refractivity contribution >= 4 is 39.6 Å². The predicted octanol–water partition coefficient (Wildman–Crippen LogP) is 18.7. The Morgan fingerprint density at radius 3 is 1.47 bits per heavy atom. The molecule has 0 aliphatic rings. The van der Waals surface area contributed by atoms with Gasteiger partial charge in [0.25, 0.3) is 0 Å². The fourth-order valence-corrected chi connectivity index (χ4v) is 13.5. The molecule has 0 bridgehead atoms. The second-order valence-corrected chi connectivity index (χ2v) is 46.7. The average molecular weight is 1100 g/mol. The van der Waals surface area contributed by atoms with E-state index in [1.165, 1.54) is 6.08 Å². The Kier molecular flexibility index (Phi) is 28.0. The van der Waals surface area contributed by atoms with Gasteiger partial charge in [-0.25, -0.2) is 0 Å². The van der Waals surface area contributed by atoms with Crippen LogP contribution < -0.4 is 4.74 Å². The Bertz CT molecular complexity index is 1950. The van der Waals surface area contributed by atoms with Crippen LogP contribution in [0.2, 0.25) is 72.5 Å². The number of aldehydes is 1. The maximum Gasteiger partial charge on any atom is 0.192 e. The standard InChI is InChI=1S/C63H114O7Si4/c1-28-29-35-50(4)59(66-47-53-40-43-54(65-19)44-41-53)52(6)56(68-72(22,23)61(10,11)12)38-33-32-37-49(3)58(70-74(26,27)63(16,17)18)51(5)39-42-55(67-71(20,21)60(7,8)9)46-57(48(2)36-31-30-34-45-64)69-73(24,25)62(13,14)15/h28-32,34-37,39-45,48-52,55-59H,1,33,38,46-47H2,2-27H3/b34-30-,35-29-,36-31+,37-32-,42-39-/t48-,49+,50+,51+,52+,55-,56-,57+,58-,59+/m1/s1. The van der Waals surface area contributed by atoms with Gasteiger partial charge in [-0.3, -0.25) is 4.79 Å². The molecular weight excluding hydrogens is 981 g/mol. The zero-order valence-corrected chi connectivity index (χ0v) is 56.4. The number of methoxy groups -OCH3 is 1. The SMILES string of the molecule is C=C/C=C\[C@H](C)[C@H](OCc1ccc(OC)cc1)[C@@H](C)[C@@H](CC/C=C\[C@H](C)[C@@H](O[Si](C)(C)C(C)(C)C)[C@@H](C)/C=C\[C@H](C[C@H](O[Si](C)(C)C(C)(C)C)[C@H](C)/C=C/C=C\C=O)O[Si](C)(C)C(C)(C)C)O[Si](C)(C)C(C)(C)C. The van der Waals surface area contributed by atoms with E-state index in [1.54, 1.807) is 13.2 Å². The number of carbonyl (C=O) groups is 1. The number of benzene rings is 1. The molecule has 0 unspecified atom stereocenters. The Morgan fingerprint density at radius 1 is 0.527 bits per heavy atom. The molecule has 0 radical (unpaired) electrons. The largest absolute Gasteiger partial charge is 0.497 e. The van der Waals surface area contributed by atoms with Gasteiger partial charge in [-0.2, -0.15) is 0 Å². The molecule has 0 saturated heterocycles. The highest BCUT2D eigenvalue weighted by molar-refractivity contribution is 6.75. The predicted molar refractivity (Wildman–Crippen MR) is 331 cm³/mol. The summed E-state index contributed by atoms with van der Waals surface area (Å²) in [5, 5.41) is 0.160. The lowest BCUT2D eigenvalue weighted by Gasteiger charge is -2.43. The van der Waals surface area contributed by atoms with Crippen LogP contribution in [0.5, 0.6) is 5.75 Å². The zero-order chi connectivity index (χ0) is 57.3. The molecule has 0 spiro atoms. The van der Waals surface area contributed by atoms with Crippen molar-refractivity contribution in [3.8, 4) is 5.75 Å². The van der Waals surface area contributed by atoms with Gasteiger partial charge < -0.3 is 27.2 Å². The summed E-state index contributed by atoms with van der Waals surface area (Å²) in [5.41, 5.74) is 1.11. The van der Waals surface area contributed by atoms with Crippen molar-refractivity contribution in [2.75, 3.05) is 7.11 Å². The summed E-state index contributed by atoms with van der Waals surface area (Å²) in [6, 6.07) is 8.16. The second kappa shape index (κ2) is 29.7. The summed E-state index contributed by atoms with van der Waals surface area (Å²) in [6.45, 7) is 62.6. The molecule has 0 aliphatic heterocycles. The lowest BCUT2D eigenvalue weighted by Crippen LogP contribution is -2.48. The number of allylic oxidation sites excluding steroid dienone is 6. The zero-order valence-electron chi connectivity index (χ0n) is 52.4. The third kappa shape index (κ3) is 22.6. The number of hydrogen-bond donors (Lipinski definition) is 0. The second-order valence-electron chi connectivity index (χ2n) is 27.7. The first-order chi connectivity index (χ1) is 33.7. The number of carbonyl (C=O) groups excluding carboxylic acids is 1. The molecule has 74 heavy (non-hydrogen) atoms. The van der Waals surface area contributed by atoms with Crippen LogP contribution in [-0.4, -0.2) is 77.2 Å². The van der Waals surface area contributed by atoms with Crippen LogP contribution in [0.1, 0.15) is 143 Å². The molecule has 10 atom stereocenters. The molecule has 0 aromatic heterocycles. The molecule has 424 valence electrons. The van der Waals surface area contributed by atoms with E-state index in [-0.39, 0.29) is 80.3 Å². The first-order valence-corrected chi connectivity index (χ1v) is 39.7. The van der Waals surface area contributed by atoms with E-state index in [1.807, 2.05) is 30.4 Å². The maximum absolute atomic E-state index is 11.1. The molecular formula is C63H114O7Si4. The van der Waals surface area contributed by atoms with E-state index in [2.05, 4.69) is 225 Å². The van der Waals surface area contributed by atoms with E-state index >= 15 is 0 Å². The third-order valence-corrected chi connectivity index (χ3v) is 35.2. The summed E-state index contributed by atoms with van der Waals surface area (Å²) in [5.74, 6) is 1.44. The maximum atomic E-state index is 11.1. The smallest absolute Gasteiger partial charge is 0.192 e. The van der Waals surface area contributed by atoms with Crippen LogP contribution in [-0.2, 0) is 33.8 Å². The Hall–Kier alpha value is -2.20. The van der Waals surface area contributed by atoms with Crippen LogP contribution in [0.4, 0.5) is 0 Å². The molecule has 1 rings (SSSR count). The Morgan fingerprint density at radius 2 is 0.986 bits per heavy atom. The summed E-state index contributed by atoms with van der Waals surface area (Å²) < 4.78 is 41.9. The summed E-state index contributed by atoms with van der Waals surface area (Å²) >= 11 is 0. The summed E-state index contributed by atoms with van der Waals surface area (Å²) in [7, 11) is -7.07. The molecule has 0 amide bonds. The Labute approximate surface area is 461 Å². The van der Waals surface area contributed by atoms with Crippen LogP contribution in [0.15, 0.2) is 97.7 Å². The van der Waals surface area contributed by atoms with E-state index < -0.39 is 33.3 Å². The third-order valence-electron chi connectivity index (χ3n) is 17.3. The van der Waals surface area contributed by atoms with Crippen LogP contribution >= 0.6 is 0 Å². The number of ether oxygens (including phenoxy) is 2. The van der Waals surface area contributed by atoms with E-state index in [9.17, 15) is 4.79 Å². The fraction of sp³-hybridized carbons (Fsp3) is 0.698. The van der Waals surface area contributed by atoms with Crippen molar-refractivity contribution in [1.82, 2.24) is 0 Å². The molecule has 0 heterocycles. The molecule has 7 nitrogen and oxygen atoms in total. The summed E-state index contributed by atoms with van der Waals surface area (Å²) in [4.78, 5) is 11.1. The van der Waals surface area contributed by atoms with Crippen molar-refractivity contribution < 1.29 is 32.0 Å². The monoisotopic (exact) mass is 1090 g/mol. The first-order valence-electron chi connectivity index (χ1n) is 28.1. The van der Waals surface area contributed by atoms with Crippen LogP contribution in [0.25, 0.3) is 0 Å². The average Bonchev–Trinajstić information content (AvgIpc) is 3.26. The van der Waals surface area contributed by atoms with Crippen molar-refractivity contribution in [2.24, 2.45) is 29.6 Å². The molecule has 1 aromatic carbocycles. The minimum atomic E-state index is -2.22. The highest BCUT2D eigenvalue weighted by atomic mass is 28.4. The molecule has 0 fully saturated rings. The van der Waals surface area contributed by atoms with Gasteiger partial charge in [0.1, 0.15) is 12.0 Å². The number of hydrogen-bond acceptors (Lipinski definition) is 7. The minimum absolute atomic E-state index is 0.00858. The van der Waals surface area contributed by atoms with Gasteiger partial charge in [0.05, 0.1) is 44.2 Å². The van der Waals surface area contributed by atoms with Gasteiger partial charge in [-0.05, 0) is 127 Å². The van der Waals surface area contributed by atoms with Gasteiger partial charge in [0, 0.05) is 18.3 Å². The van der Waals surface area contributed by atoms with Crippen molar-refractivity contribution in [3.63, 3.8) is 0 Å². The van der Waals surface area contributed by atoms with Gasteiger partial charge >= 0.3 is 0 Å². The highest BCUT2D eigenvalue weighted by Crippen LogP contribution is 2.44. The topological polar surface area (TPSA) is 72.5 Å². The van der Waals surface area contributed by atoms with Gasteiger partial charge in [-0.1, -0.05) is 197 Å². The van der Waals surface area contributed by atoms with Gasteiger partial charge in [-0.15, -0.1) is 0 Å². The van der Waals surface area contributed by atoms with Crippen molar-refractivity contribution in [1.29, 1.82) is 0 Å². The lowest BCUT2D eigenvalue weighted by atomic mass is 9.86. The first kappa shape index (κ1) is 69.8. The lowest BCUT2D eigenvalue weighted by molar-refractivity contribution is -0.104. The Balaban J connectivity index is 3.83. The number of rotatable bonds is 31. The minimum Gasteiger partial charge on any atom is -0.497 e. The van der Waals surface area contributed by atoms with Gasteiger partial charge in [0.15, 0.2) is 33.3 Å². The molecule has 1 aromatic rings. The fourth-order valence-electron chi connectivity index (χ4n) is 7.90. The summed E-state index contributed by atoms with van der Waals surface area (Å²) in [6.07, 6.45) is 26.0. The van der Waals surface area contributed by atoms with Gasteiger partial charge in [0.2, 0.25) is 0 Å². The molecule has 0 N–H and O–H groups in total. The van der Waals surface area contributed by atoms with Crippen molar-refractivity contribution in [3.05, 3.63) is 103 Å². The normalized spacial score (nSPS) is 18.5. The van der Waals surface area contributed by atoms with Crippen LogP contribution in [0.3, 0.4) is 0 Å². The van der Waals surface area contributed by atoms with E-state index in [4.69, 9.17) is 27.2 Å². The highest BCUT2D eigenvalue weighted by Gasteiger charge is 2.45. The van der Waals surface area contributed by atoms with E-state index in [0.29, 0.717) is 6.61 Å². The quantitative estimate of drug-likeness (QED) is 0.0241. The molecule has 0 aliphatic carbocycles. The molecule has 0 saturated carbocycles. The van der Waals surface area contributed by atoms with Crippen molar-refractivity contribution in [2.45, 2.75) is 247 Å². The van der Waals surface area contributed by atoms with E-state index in [0.717, 1.165) is 36.9 Å².